The predicted octanol–water partition coefficient (Wildman–Crippen LogP) is 2.25. The maximum atomic E-state index is 12.3. The minimum Gasteiger partial charge on any atom is -0.385 e. The Morgan fingerprint density at radius 3 is 2.39 bits per heavy atom. The highest BCUT2D eigenvalue weighted by atomic mass is 16.5. The zero-order valence-corrected chi connectivity index (χ0v) is 11.1. The third kappa shape index (κ3) is 2.34. The maximum Gasteiger partial charge on any atom is 0.329 e. The Morgan fingerprint density at radius 2 is 1.78 bits per heavy atom. The van der Waals surface area contributed by atoms with Gasteiger partial charge in [-0.1, -0.05) is 12.1 Å². The van der Waals surface area contributed by atoms with Gasteiger partial charge in [0, 0.05) is 26.8 Å². The number of para-hydroxylation sites is 2. The molecule has 0 spiro atoms. The van der Waals surface area contributed by atoms with Gasteiger partial charge >= 0.3 is 5.69 Å². The molecule has 1 aromatic heterocycles. The molecular weight excluding hydrogens is 228 g/mol. The number of hydrogen-bond donors (Lipinski definition) is 0. The Kier molecular flexibility index (Phi) is 4.20. The van der Waals surface area contributed by atoms with Crippen molar-refractivity contribution in [3.63, 3.8) is 0 Å². The molecule has 2 rings (SSSR count). The van der Waals surface area contributed by atoms with Gasteiger partial charge in [0.2, 0.25) is 0 Å². The molecule has 4 nitrogen and oxygen atoms in total. The number of rotatable bonds is 6. The normalized spacial score (nSPS) is 11.2. The van der Waals surface area contributed by atoms with Gasteiger partial charge in [0.05, 0.1) is 11.0 Å². The van der Waals surface area contributed by atoms with Gasteiger partial charge in [-0.05, 0) is 31.9 Å². The smallest absolute Gasteiger partial charge is 0.329 e. The second-order valence-corrected chi connectivity index (χ2v) is 4.37. The molecule has 0 fully saturated rings. The molecule has 1 heterocycles. The highest BCUT2D eigenvalue weighted by molar-refractivity contribution is 5.75. The number of methoxy groups -OCH3 is 1. The van der Waals surface area contributed by atoms with Crippen molar-refractivity contribution in [2.75, 3.05) is 13.7 Å². The van der Waals surface area contributed by atoms with Crippen LogP contribution in [0.2, 0.25) is 0 Å². The summed E-state index contributed by atoms with van der Waals surface area (Å²) in [5.41, 5.74) is 2.15. The van der Waals surface area contributed by atoms with E-state index in [-0.39, 0.29) is 5.69 Å². The summed E-state index contributed by atoms with van der Waals surface area (Å²) in [6, 6.07) is 7.97. The predicted molar refractivity (Wildman–Crippen MR) is 73.0 cm³/mol. The van der Waals surface area contributed by atoms with Gasteiger partial charge in [0.1, 0.15) is 0 Å². The Hall–Kier alpha value is -1.55. The lowest BCUT2D eigenvalue weighted by molar-refractivity contribution is 0.191. The molecule has 0 N–H and O–H groups in total. The Bertz CT molecular complexity index is 569. The van der Waals surface area contributed by atoms with Gasteiger partial charge in [0.15, 0.2) is 0 Å². The van der Waals surface area contributed by atoms with Crippen molar-refractivity contribution in [1.29, 1.82) is 0 Å². The molecule has 0 bridgehead atoms. The third-order valence-corrected chi connectivity index (χ3v) is 3.22. The first-order valence-corrected chi connectivity index (χ1v) is 6.46. The van der Waals surface area contributed by atoms with E-state index in [1.807, 2.05) is 40.3 Å². The van der Waals surface area contributed by atoms with Crippen LogP contribution in [-0.4, -0.2) is 22.9 Å². The van der Waals surface area contributed by atoms with Gasteiger partial charge < -0.3 is 4.74 Å². The molecule has 0 saturated carbocycles. The molecule has 0 aliphatic carbocycles. The second-order valence-electron chi connectivity index (χ2n) is 4.37. The van der Waals surface area contributed by atoms with Crippen LogP contribution in [0.25, 0.3) is 11.0 Å². The number of aromatic nitrogens is 2. The van der Waals surface area contributed by atoms with Crippen molar-refractivity contribution in [2.24, 2.45) is 0 Å². The fourth-order valence-corrected chi connectivity index (χ4v) is 2.31. The molecule has 0 atom stereocenters. The molecular formula is C14H20N2O2. The number of fused-ring (bicyclic) bond motifs is 1. The summed E-state index contributed by atoms with van der Waals surface area (Å²) in [4.78, 5) is 12.3. The topological polar surface area (TPSA) is 36.2 Å². The Labute approximate surface area is 107 Å². The average molecular weight is 248 g/mol. The first kappa shape index (κ1) is 12.9. The van der Waals surface area contributed by atoms with E-state index >= 15 is 0 Å². The van der Waals surface area contributed by atoms with Crippen molar-refractivity contribution in [2.45, 2.75) is 32.9 Å². The van der Waals surface area contributed by atoms with Crippen molar-refractivity contribution in [1.82, 2.24) is 9.13 Å². The molecule has 1 aromatic carbocycles. The van der Waals surface area contributed by atoms with Crippen LogP contribution in [-0.2, 0) is 17.8 Å². The van der Waals surface area contributed by atoms with Crippen LogP contribution in [0.3, 0.4) is 0 Å². The fraction of sp³-hybridized carbons (Fsp3) is 0.500. The fourth-order valence-electron chi connectivity index (χ4n) is 2.31. The van der Waals surface area contributed by atoms with Crippen LogP contribution in [0.5, 0.6) is 0 Å². The highest BCUT2D eigenvalue weighted by Gasteiger charge is 2.10. The molecule has 2 aromatic rings. The summed E-state index contributed by atoms with van der Waals surface area (Å²) in [7, 11) is 1.70. The molecule has 0 radical (unpaired) electrons. The number of nitrogens with zero attached hydrogens (tertiary/aromatic N) is 2. The summed E-state index contributed by atoms with van der Waals surface area (Å²) in [6.45, 7) is 4.23. The SMILES string of the molecule is CCn1c(=O)n(CCCCOC)c2ccccc21. The second kappa shape index (κ2) is 5.87. The molecule has 0 aliphatic rings. The van der Waals surface area contributed by atoms with E-state index in [1.165, 1.54) is 0 Å². The monoisotopic (exact) mass is 248 g/mol. The minimum absolute atomic E-state index is 0.0936. The zero-order chi connectivity index (χ0) is 13.0. The number of hydrogen-bond acceptors (Lipinski definition) is 2. The van der Waals surface area contributed by atoms with Crippen molar-refractivity contribution in [3.8, 4) is 0 Å². The van der Waals surface area contributed by atoms with Gasteiger partial charge in [-0.25, -0.2) is 4.79 Å². The van der Waals surface area contributed by atoms with Crippen LogP contribution in [0, 0.1) is 0 Å². The van der Waals surface area contributed by atoms with Crippen LogP contribution in [0.4, 0.5) is 0 Å². The minimum atomic E-state index is 0.0936. The van der Waals surface area contributed by atoms with E-state index in [2.05, 4.69) is 0 Å². The number of aryl methyl sites for hydroxylation is 2. The highest BCUT2D eigenvalue weighted by Crippen LogP contribution is 2.13. The molecule has 18 heavy (non-hydrogen) atoms. The Morgan fingerprint density at radius 1 is 1.11 bits per heavy atom. The molecule has 0 unspecified atom stereocenters. The lowest BCUT2D eigenvalue weighted by atomic mass is 10.3. The number of benzene rings is 1. The third-order valence-electron chi connectivity index (χ3n) is 3.22. The van der Waals surface area contributed by atoms with E-state index in [4.69, 9.17) is 4.74 Å². The van der Waals surface area contributed by atoms with E-state index in [0.717, 1.165) is 37.0 Å². The van der Waals surface area contributed by atoms with Crippen molar-refractivity contribution >= 4 is 11.0 Å². The van der Waals surface area contributed by atoms with E-state index < -0.39 is 0 Å². The van der Waals surface area contributed by atoms with E-state index in [9.17, 15) is 4.79 Å². The van der Waals surface area contributed by atoms with E-state index in [0.29, 0.717) is 6.54 Å². The van der Waals surface area contributed by atoms with Crippen molar-refractivity contribution in [3.05, 3.63) is 34.7 Å². The lowest BCUT2D eigenvalue weighted by Crippen LogP contribution is -2.24. The lowest BCUT2D eigenvalue weighted by Gasteiger charge is -2.02. The standard InChI is InChI=1S/C14H20N2O2/c1-3-15-12-8-4-5-9-13(12)16(14(15)17)10-6-7-11-18-2/h4-5,8-9H,3,6-7,10-11H2,1-2H3. The summed E-state index contributed by atoms with van der Waals surface area (Å²) in [5.74, 6) is 0. The Balaban J connectivity index is 2.32. The number of unbranched alkanes of at least 4 members (excludes halogenated alkanes) is 1. The van der Waals surface area contributed by atoms with Gasteiger partial charge in [-0.3, -0.25) is 9.13 Å². The quantitative estimate of drug-likeness (QED) is 0.735. The summed E-state index contributed by atoms with van der Waals surface area (Å²) in [5, 5.41) is 0. The van der Waals surface area contributed by atoms with Crippen LogP contribution < -0.4 is 5.69 Å². The molecule has 98 valence electrons. The summed E-state index contributed by atoms with van der Waals surface area (Å²) >= 11 is 0. The van der Waals surface area contributed by atoms with Gasteiger partial charge in [-0.2, -0.15) is 0 Å². The van der Waals surface area contributed by atoms with Gasteiger partial charge in [0.25, 0.3) is 0 Å². The number of ether oxygens (including phenoxy) is 1. The largest absolute Gasteiger partial charge is 0.385 e. The van der Waals surface area contributed by atoms with E-state index in [1.54, 1.807) is 7.11 Å². The van der Waals surface area contributed by atoms with Crippen LogP contribution >= 0.6 is 0 Å². The van der Waals surface area contributed by atoms with Crippen molar-refractivity contribution < 1.29 is 4.74 Å². The maximum absolute atomic E-state index is 12.3. The molecule has 0 amide bonds. The molecule has 4 heteroatoms. The van der Waals surface area contributed by atoms with Gasteiger partial charge in [-0.15, -0.1) is 0 Å². The first-order chi connectivity index (χ1) is 8.79. The summed E-state index contributed by atoms with van der Waals surface area (Å²) in [6.07, 6.45) is 1.94. The first-order valence-electron chi connectivity index (χ1n) is 6.46. The zero-order valence-electron chi connectivity index (χ0n) is 11.1. The summed E-state index contributed by atoms with van der Waals surface area (Å²) < 4.78 is 8.73. The average Bonchev–Trinajstić information content (AvgIpc) is 2.67. The molecule has 0 saturated heterocycles. The van der Waals surface area contributed by atoms with Crippen LogP contribution in [0.1, 0.15) is 19.8 Å². The number of imidazole rings is 1. The molecule has 0 aliphatic heterocycles. The van der Waals surface area contributed by atoms with Crippen LogP contribution in [0.15, 0.2) is 29.1 Å².